The summed E-state index contributed by atoms with van der Waals surface area (Å²) in [6, 6.07) is 3.19. The van der Waals surface area contributed by atoms with Gasteiger partial charge in [0.25, 0.3) is 0 Å². The van der Waals surface area contributed by atoms with E-state index in [4.69, 9.17) is 16.7 Å². The minimum Gasteiger partial charge on any atom is -0.505 e. The molecule has 1 N–H and O–H groups in total. The van der Waals surface area contributed by atoms with Gasteiger partial charge in [-0.1, -0.05) is 17.7 Å². The van der Waals surface area contributed by atoms with Gasteiger partial charge in [-0.05, 0) is 18.2 Å². The summed E-state index contributed by atoms with van der Waals surface area (Å²) >= 11 is 9.58. The van der Waals surface area contributed by atoms with Crippen molar-refractivity contribution in [2.75, 3.05) is 5.75 Å². The molecule has 0 amide bonds. The maximum atomic E-state index is 9.04. The first-order valence-electron chi connectivity index (χ1n) is 3.37. The van der Waals surface area contributed by atoms with E-state index in [0.29, 0.717) is 11.4 Å². The van der Waals surface area contributed by atoms with Crippen LogP contribution in [-0.2, 0) is 0 Å². The van der Waals surface area contributed by atoms with Gasteiger partial charge in [-0.2, -0.15) is 12.6 Å². The standard InChI is InChI=1S/C8H8ClNOS/c9-8-7(11)4-3-6(10-8)2-1-5-12/h1-4,11-12H,5H2. The Balaban J connectivity index is 2.89. The molecule has 0 unspecified atom stereocenters. The highest BCUT2D eigenvalue weighted by Crippen LogP contribution is 2.20. The molecule has 0 radical (unpaired) electrons. The van der Waals surface area contributed by atoms with Crippen molar-refractivity contribution in [1.29, 1.82) is 0 Å². The quantitative estimate of drug-likeness (QED) is 0.569. The van der Waals surface area contributed by atoms with Crippen LogP contribution in [0.3, 0.4) is 0 Å². The summed E-state index contributed by atoms with van der Waals surface area (Å²) in [5, 5.41) is 9.16. The third kappa shape index (κ3) is 2.43. The second kappa shape index (κ2) is 4.38. The van der Waals surface area contributed by atoms with Crippen LogP contribution < -0.4 is 0 Å². The van der Waals surface area contributed by atoms with Crippen LogP contribution in [0.15, 0.2) is 18.2 Å². The van der Waals surface area contributed by atoms with Gasteiger partial charge in [0.05, 0.1) is 5.69 Å². The molecule has 12 heavy (non-hydrogen) atoms. The zero-order chi connectivity index (χ0) is 8.97. The molecule has 2 nitrogen and oxygen atoms in total. The third-order valence-electron chi connectivity index (χ3n) is 1.24. The van der Waals surface area contributed by atoms with Gasteiger partial charge < -0.3 is 5.11 Å². The molecule has 0 saturated carbocycles. The number of hydrogen-bond acceptors (Lipinski definition) is 3. The lowest BCUT2D eigenvalue weighted by molar-refractivity contribution is 0.473. The molecule has 0 saturated heterocycles. The van der Waals surface area contributed by atoms with Gasteiger partial charge in [-0.25, -0.2) is 4.98 Å². The first-order chi connectivity index (χ1) is 5.74. The topological polar surface area (TPSA) is 33.1 Å². The Labute approximate surface area is 81.3 Å². The highest BCUT2D eigenvalue weighted by atomic mass is 35.5. The average Bonchev–Trinajstić information content (AvgIpc) is 2.07. The van der Waals surface area contributed by atoms with Crippen LogP contribution in [0.5, 0.6) is 5.75 Å². The molecule has 0 atom stereocenters. The zero-order valence-electron chi connectivity index (χ0n) is 6.24. The molecule has 1 aromatic rings. The lowest BCUT2D eigenvalue weighted by atomic mass is 10.3. The van der Waals surface area contributed by atoms with Gasteiger partial charge >= 0.3 is 0 Å². The lowest BCUT2D eigenvalue weighted by Crippen LogP contribution is -1.81. The number of nitrogens with zero attached hydrogens (tertiary/aromatic N) is 1. The molecule has 0 aliphatic heterocycles. The van der Waals surface area contributed by atoms with Crippen LogP contribution in [0.2, 0.25) is 5.15 Å². The van der Waals surface area contributed by atoms with E-state index in [1.54, 1.807) is 12.1 Å². The molecular weight excluding hydrogens is 194 g/mol. The van der Waals surface area contributed by atoms with E-state index in [1.165, 1.54) is 6.07 Å². The van der Waals surface area contributed by atoms with Crippen molar-refractivity contribution in [3.05, 3.63) is 29.1 Å². The largest absolute Gasteiger partial charge is 0.505 e. The molecule has 4 heteroatoms. The fourth-order valence-corrected chi connectivity index (χ4v) is 0.973. The number of thiol groups is 1. The minimum absolute atomic E-state index is 0.000287. The Morgan fingerprint density at radius 2 is 2.33 bits per heavy atom. The summed E-state index contributed by atoms with van der Waals surface area (Å²) in [5.74, 6) is 0.653. The summed E-state index contributed by atoms with van der Waals surface area (Å²) in [7, 11) is 0. The Hall–Kier alpha value is -0.670. The molecule has 0 aliphatic rings. The Kier molecular flexibility index (Phi) is 3.44. The fourth-order valence-electron chi connectivity index (χ4n) is 0.707. The molecule has 0 spiro atoms. The van der Waals surface area contributed by atoms with E-state index in [0.717, 1.165) is 0 Å². The van der Waals surface area contributed by atoms with E-state index < -0.39 is 0 Å². The lowest BCUT2D eigenvalue weighted by Gasteiger charge is -1.96. The number of rotatable bonds is 2. The van der Waals surface area contributed by atoms with Crippen molar-refractivity contribution in [3.8, 4) is 5.75 Å². The van der Waals surface area contributed by atoms with Crippen molar-refractivity contribution in [3.63, 3.8) is 0 Å². The predicted molar refractivity (Wildman–Crippen MR) is 53.8 cm³/mol. The summed E-state index contributed by atoms with van der Waals surface area (Å²) in [4.78, 5) is 3.90. The molecule has 0 aliphatic carbocycles. The SMILES string of the molecule is Oc1ccc(C=CCS)nc1Cl. The van der Waals surface area contributed by atoms with Crippen molar-refractivity contribution in [2.24, 2.45) is 0 Å². The zero-order valence-corrected chi connectivity index (χ0v) is 7.89. The molecule has 1 heterocycles. The van der Waals surface area contributed by atoms with Crippen LogP contribution >= 0.6 is 24.2 Å². The molecule has 0 bridgehead atoms. The molecule has 0 aromatic carbocycles. The van der Waals surface area contributed by atoms with E-state index in [1.807, 2.05) is 6.08 Å². The Morgan fingerprint density at radius 1 is 1.58 bits per heavy atom. The monoisotopic (exact) mass is 201 g/mol. The Morgan fingerprint density at radius 3 is 2.92 bits per heavy atom. The van der Waals surface area contributed by atoms with Gasteiger partial charge in [0.1, 0.15) is 0 Å². The second-order valence-corrected chi connectivity index (χ2v) is 2.85. The number of aromatic nitrogens is 1. The van der Waals surface area contributed by atoms with Crippen LogP contribution in [0.4, 0.5) is 0 Å². The first kappa shape index (κ1) is 9.42. The number of aromatic hydroxyl groups is 1. The minimum atomic E-state index is -0.000287. The number of pyridine rings is 1. The third-order valence-corrected chi connectivity index (χ3v) is 1.73. The maximum Gasteiger partial charge on any atom is 0.171 e. The molecule has 0 fully saturated rings. The van der Waals surface area contributed by atoms with E-state index >= 15 is 0 Å². The van der Waals surface area contributed by atoms with Crippen LogP contribution in [0, 0.1) is 0 Å². The fraction of sp³-hybridized carbons (Fsp3) is 0.125. The Bertz CT molecular complexity index is 301. The van der Waals surface area contributed by atoms with Crippen LogP contribution in [-0.4, -0.2) is 15.8 Å². The summed E-state index contributed by atoms with van der Waals surface area (Å²) in [5.41, 5.74) is 0.715. The molecule has 1 rings (SSSR count). The van der Waals surface area contributed by atoms with E-state index in [2.05, 4.69) is 17.6 Å². The van der Waals surface area contributed by atoms with Gasteiger partial charge in [0, 0.05) is 5.75 Å². The molecular formula is C8H8ClNOS. The predicted octanol–water partition coefficient (Wildman–Crippen LogP) is 2.38. The van der Waals surface area contributed by atoms with Gasteiger partial charge in [0.15, 0.2) is 10.9 Å². The van der Waals surface area contributed by atoms with Crippen LogP contribution in [0.1, 0.15) is 5.69 Å². The summed E-state index contributed by atoms with van der Waals surface area (Å²) < 4.78 is 0. The van der Waals surface area contributed by atoms with Crippen molar-refractivity contribution >= 4 is 30.3 Å². The number of hydrogen-bond donors (Lipinski definition) is 2. The van der Waals surface area contributed by atoms with E-state index in [9.17, 15) is 0 Å². The molecule has 1 aromatic heterocycles. The normalized spacial score (nSPS) is 10.8. The van der Waals surface area contributed by atoms with Crippen molar-refractivity contribution < 1.29 is 5.11 Å². The summed E-state index contributed by atoms with van der Waals surface area (Å²) in [6.07, 6.45) is 3.64. The van der Waals surface area contributed by atoms with Gasteiger partial charge in [0.2, 0.25) is 0 Å². The highest BCUT2D eigenvalue weighted by molar-refractivity contribution is 7.80. The second-order valence-electron chi connectivity index (χ2n) is 2.13. The first-order valence-corrected chi connectivity index (χ1v) is 4.38. The van der Waals surface area contributed by atoms with Crippen molar-refractivity contribution in [2.45, 2.75) is 0 Å². The number of halogens is 1. The van der Waals surface area contributed by atoms with Gasteiger partial charge in [-0.3, -0.25) is 0 Å². The molecule has 64 valence electrons. The van der Waals surface area contributed by atoms with Gasteiger partial charge in [-0.15, -0.1) is 0 Å². The van der Waals surface area contributed by atoms with Crippen molar-refractivity contribution in [1.82, 2.24) is 4.98 Å². The smallest absolute Gasteiger partial charge is 0.171 e. The maximum absolute atomic E-state index is 9.04. The van der Waals surface area contributed by atoms with Crippen LogP contribution in [0.25, 0.3) is 6.08 Å². The van der Waals surface area contributed by atoms with E-state index in [-0.39, 0.29) is 10.9 Å². The average molecular weight is 202 g/mol. The summed E-state index contributed by atoms with van der Waals surface area (Å²) in [6.45, 7) is 0. The highest BCUT2D eigenvalue weighted by Gasteiger charge is 1.97.